The van der Waals surface area contributed by atoms with E-state index < -0.39 is 0 Å². The number of hydrogen-bond donors (Lipinski definition) is 0. The van der Waals surface area contributed by atoms with E-state index >= 15 is 0 Å². The summed E-state index contributed by atoms with van der Waals surface area (Å²) in [4.78, 5) is 29.5. The van der Waals surface area contributed by atoms with Crippen LogP contribution in [0.25, 0.3) is 0 Å². The number of carbonyl (C=O) groups is 2. The van der Waals surface area contributed by atoms with Crippen LogP contribution < -0.4 is 0 Å². The van der Waals surface area contributed by atoms with E-state index in [2.05, 4.69) is 12.1 Å². The first kappa shape index (κ1) is 18.9. The van der Waals surface area contributed by atoms with E-state index in [-0.39, 0.29) is 17.7 Å². The number of carbonyl (C=O) groups excluding carboxylic acids is 2. The third-order valence-electron chi connectivity index (χ3n) is 5.76. The molecule has 0 bridgehead atoms. The molecule has 142 valence electrons. The second kappa shape index (κ2) is 9.17. The van der Waals surface area contributed by atoms with Crippen LogP contribution in [0.2, 0.25) is 0 Å². The standard InChI is InChI=1S/C21H30N2O3/c1-26-16-15-22-13-14-23(12-11-19(22)24)21(25)20(18-9-5-6-10-18)17-7-3-2-4-8-17/h2-4,7-8,18,20H,5-6,9-16H2,1H3. The van der Waals surface area contributed by atoms with Gasteiger partial charge in [-0.05, 0) is 24.3 Å². The van der Waals surface area contributed by atoms with E-state index in [4.69, 9.17) is 4.74 Å². The summed E-state index contributed by atoms with van der Waals surface area (Å²) < 4.78 is 5.10. The highest BCUT2D eigenvalue weighted by Crippen LogP contribution is 2.38. The van der Waals surface area contributed by atoms with Crippen LogP contribution in [0.1, 0.15) is 43.6 Å². The van der Waals surface area contributed by atoms with Gasteiger partial charge in [0.1, 0.15) is 0 Å². The topological polar surface area (TPSA) is 49.9 Å². The minimum absolute atomic E-state index is 0.0701. The third kappa shape index (κ3) is 4.44. The predicted molar refractivity (Wildman–Crippen MR) is 101 cm³/mol. The fourth-order valence-electron chi connectivity index (χ4n) is 4.29. The van der Waals surface area contributed by atoms with Crippen LogP contribution >= 0.6 is 0 Å². The number of rotatable bonds is 6. The Kier molecular flexibility index (Phi) is 6.67. The maximum Gasteiger partial charge on any atom is 0.230 e. The predicted octanol–water partition coefficient (Wildman–Crippen LogP) is 2.67. The molecule has 1 saturated carbocycles. The van der Waals surface area contributed by atoms with E-state index in [1.165, 1.54) is 12.8 Å². The lowest BCUT2D eigenvalue weighted by molar-refractivity contribution is -0.134. The van der Waals surface area contributed by atoms with Gasteiger partial charge in [-0.2, -0.15) is 0 Å². The van der Waals surface area contributed by atoms with Crippen molar-refractivity contribution in [2.45, 2.75) is 38.0 Å². The SMILES string of the molecule is COCCN1CCN(C(=O)C(c2ccccc2)C2CCCC2)CCC1=O. The average molecular weight is 358 g/mol. The van der Waals surface area contributed by atoms with E-state index in [9.17, 15) is 9.59 Å². The number of methoxy groups -OCH3 is 1. The molecule has 26 heavy (non-hydrogen) atoms. The molecule has 1 saturated heterocycles. The molecule has 1 aromatic carbocycles. The van der Waals surface area contributed by atoms with Gasteiger partial charge in [-0.3, -0.25) is 9.59 Å². The highest BCUT2D eigenvalue weighted by Gasteiger charge is 2.35. The molecule has 2 aliphatic rings. The van der Waals surface area contributed by atoms with Gasteiger partial charge in [0.15, 0.2) is 0 Å². The molecule has 5 heteroatoms. The first-order valence-electron chi connectivity index (χ1n) is 9.81. The summed E-state index contributed by atoms with van der Waals surface area (Å²) in [5.41, 5.74) is 1.12. The molecule has 1 aliphatic heterocycles. The lowest BCUT2D eigenvalue weighted by Crippen LogP contribution is -2.40. The van der Waals surface area contributed by atoms with Gasteiger partial charge in [0, 0.05) is 39.7 Å². The van der Waals surface area contributed by atoms with E-state index in [1.807, 2.05) is 28.0 Å². The summed E-state index contributed by atoms with van der Waals surface area (Å²) in [5, 5.41) is 0. The molecule has 2 fully saturated rings. The highest BCUT2D eigenvalue weighted by atomic mass is 16.5. The molecule has 1 aliphatic carbocycles. The van der Waals surface area contributed by atoms with Crippen molar-refractivity contribution in [2.75, 3.05) is 39.9 Å². The van der Waals surface area contributed by atoms with Crippen molar-refractivity contribution < 1.29 is 14.3 Å². The molecular formula is C21H30N2O3. The number of benzene rings is 1. The molecule has 3 rings (SSSR count). The summed E-state index contributed by atoms with van der Waals surface area (Å²) in [6.07, 6.45) is 5.08. The van der Waals surface area contributed by atoms with Crippen LogP contribution in [0.5, 0.6) is 0 Å². The van der Waals surface area contributed by atoms with E-state index in [0.717, 1.165) is 18.4 Å². The van der Waals surface area contributed by atoms with Crippen LogP contribution in [-0.4, -0.2) is 61.5 Å². The second-order valence-corrected chi connectivity index (χ2v) is 7.38. The van der Waals surface area contributed by atoms with Gasteiger partial charge in [0.05, 0.1) is 12.5 Å². The fourth-order valence-corrected chi connectivity index (χ4v) is 4.29. The Morgan fingerprint density at radius 2 is 1.88 bits per heavy atom. The smallest absolute Gasteiger partial charge is 0.230 e. The summed E-state index contributed by atoms with van der Waals surface area (Å²) >= 11 is 0. The molecule has 2 amide bonds. The van der Waals surface area contributed by atoms with Crippen LogP contribution in [0.3, 0.4) is 0 Å². The zero-order valence-corrected chi connectivity index (χ0v) is 15.7. The molecular weight excluding hydrogens is 328 g/mol. The Hall–Kier alpha value is -1.88. The molecule has 1 unspecified atom stereocenters. The van der Waals surface area contributed by atoms with E-state index in [1.54, 1.807) is 7.11 Å². The summed E-state index contributed by atoms with van der Waals surface area (Å²) in [7, 11) is 1.64. The maximum atomic E-state index is 13.4. The lowest BCUT2D eigenvalue weighted by Gasteiger charge is -2.30. The van der Waals surface area contributed by atoms with Crippen LogP contribution in [-0.2, 0) is 14.3 Å². The van der Waals surface area contributed by atoms with Gasteiger partial charge in [0.25, 0.3) is 0 Å². The Labute approximate surface area is 156 Å². The van der Waals surface area contributed by atoms with Crippen molar-refractivity contribution in [1.29, 1.82) is 0 Å². The van der Waals surface area contributed by atoms with Crippen molar-refractivity contribution >= 4 is 11.8 Å². The zero-order chi connectivity index (χ0) is 18.4. The van der Waals surface area contributed by atoms with Crippen molar-refractivity contribution in [3.8, 4) is 0 Å². The molecule has 0 radical (unpaired) electrons. The van der Waals surface area contributed by atoms with E-state index in [0.29, 0.717) is 45.1 Å². The summed E-state index contributed by atoms with van der Waals surface area (Å²) in [6.45, 7) is 2.87. The third-order valence-corrected chi connectivity index (χ3v) is 5.76. The van der Waals surface area contributed by atoms with Gasteiger partial charge in [0.2, 0.25) is 11.8 Å². The normalized spacial score (nSPS) is 20.3. The van der Waals surface area contributed by atoms with Gasteiger partial charge in [-0.15, -0.1) is 0 Å². The molecule has 0 aromatic heterocycles. The monoisotopic (exact) mass is 358 g/mol. The van der Waals surface area contributed by atoms with Gasteiger partial charge in [-0.1, -0.05) is 43.2 Å². The van der Waals surface area contributed by atoms with Crippen LogP contribution in [0, 0.1) is 5.92 Å². The maximum absolute atomic E-state index is 13.4. The first-order valence-corrected chi connectivity index (χ1v) is 9.81. The molecule has 1 aromatic rings. The quantitative estimate of drug-likeness (QED) is 0.786. The summed E-state index contributed by atoms with van der Waals surface area (Å²) in [6, 6.07) is 10.2. The minimum atomic E-state index is -0.0701. The number of amides is 2. The van der Waals surface area contributed by atoms with Crippen molar-refractivity contribution in [3.05, 3.63) is 35.9 Å². The van der Waals surface area contributed by atoms with Crippen molar-refractivity contribution in [2.24, 2.45) is 5.92 Å². The number of ether oxygens (including phenoxy) is 1. The van der Waals surface area contributed by atoms with Gasteiger partial charge in [-0.25, -0.2) is 0 Å². The molecule has 1 atom stereocenters. The second-order valence-electron chi connectivity index (χ2n) is 7.38. The lowest BCUT2D eigenvalue weighted by atomic mass is 9.83. The minimum Gasteiger partial charge on any atom is -0.383 e. The van der Waals surface area contributed by atoms with Crippen molar-refractivity contribution in [1.82, 2.24) is 9.80 Å². The van der Waals surface area contributed by atoms with Gasteiger partial charge < -0.3 is 14.5 Å². The fraction of sp³-hybridized carbons (Fsp3) is 0.619. The largest absolute Gasteiger partial charge is 0.383 e. The molecule has 0 N–H and O–H groups in total. The number of nitrogens with zero attached hydrogens (tertiary/aromatic N) is 2. The van der Waals surface area contributed by atoms with Crippen LogP contribution in [0.15, 0.2) is 30.3 Å². The molecule has 5 nitrogen and oxygen atoms in total. The highest BCUT2D eigenvalue weighted by molar-refractivity contribution is 5.85. The average Bonchev–Trinajstić information content (AvgIpc) is 3.12. The Morgan fingerprint density at radius 3 is 2.58 bits per heavy atom. The van der Waals surface area contributed by atoms with Gasteiger partial charge >= 0.3 is 0 Å². The Bertz CT molecular complexity index is 599. The Morgan fingerprint density at radius 1 is 1.15 bits per heavy atom. The zero-order valence-electron chi connectivity index (χ0n) is 15.7. The summed E-state index contributed by atoms with van der Waals surface area (Å²) in [5.74, 6) is 0.673. The van der Waals surface area contributed by atoms with Crippen LogP contribution in [0.4, 0.5) is 0 Å². The molecule has 0 spiro atoms. The first-order chi connectivity index (χ1) is 12.7. The van der Waals surface area contributed by atoms with Crippen molar-refractivity contribution in [3.63, 3.8) is 0 Å². The number of hydrogen-bond acceptors (Lipinski definition) is 3. The molecule has 1 heterocycles. The Balaban J connectivity index is 1.73.